The second-order valence-corrected chi connectivity index (χ2v) is 4.94. The number of nitrogens with one attached hydrogen (secondary N) is 1. The number of aliphatic hydroxyl groups excluding tert-OH is 1. The van der Waals surface area contributed by atoms with E-state index in [9.17, 15) is 13.2 Å². The number of alkyl halides is 3. The molecule has 0 fully saturated rings. The van der Waals surface area contributed by atoms with Gasteiger partial charge in [-0.3, -0.25) is 0 Å². The van der Waals surface area contributed by atoms with Crippen molar-refractivity contribution in [2.24, 2.45) is 5.92 Å². The third-order valence-corrected chi connectivity index (χ3v) is 2.95. The Balaban J connectivity index is 2.61. The van der Waals surface area contributed by atoms with E-state index in [4.69, 9.17) is 5.11 Å². The van der Waals surface area contributed by atoms with Crippen molar-refractivity contribution in [2.45, 2.75) is 39.2 Å². The summed E-state index contributed by atoms with van der Waals surface area (Å²) in [6.07, 6.45) is -4.07. The van der Waals surface area contributed by atoms with Gasteiger partial charge >= 0.3 is 6.36 Å². The van der Waals surface area contributed by atoms with E-state index in [0.717, 1.165) is 0 Å². The fourth-order valence-corrected chi connectivity index (χ4v) is 1.91. The molecule has 0 aliphatic carbocycles. The lowest BCUT2D eigenvalue weighted by Crippen LogP contribution is -2.34. The van der Waals surface area contributed by atoms with Crippen LogP contribution in [0.25, 0.3) is 0 Å². The Bertz CT molecular complexity index is 408. The topological polar surface area (TPSA) is 41.5 Å². The molecule has 0 aliphatic rings. The lowest BCUT2D eigenvalue weighted by molar-refractivity contribution is -0.274. The van der Waals surface area contributed by atoms with E-state index in [-0.39, 0.29) is 18.4 Å². The van der Waals surface area contributed by atoms with Gasteiger partial charge in [-0.2, -0.15) is 0 Å². The normalized spacial score (nSPS) is 13.6. The standard InChI is InChI=1S/C14H20F3NO2/c1-10(2)13(6-7-19)18-9-11-4-3-5-12(8-11)20-14(15,16)17/h3-5,8,10,13,18-19H,6-7,9H2,1-2H3. The molecule has 3 nitrogen and oxygen atoms in total. The summed E-state index contributed by atoms with van der Waals surface area (Å²) < 4.78 is 40.3. The smallest absolute Gasteiger partial charge is 0.406 e. The van der Waals surface area contributed by atoms with Crippen LogP contribution < -0.4 is 10.1 Å². The van der Waals surface area contributed by atoms with Gasteiger partial charge in [0, 0.05) is 19.2 Å². The molecule has 6 heteroatoms. The van der Waals surface area contributed by atoms with Crippen LogP contribution in [0.2, 0.25) is 0 Å². The molecule has 2 N–H and O–H groups in total. The van der Waals surface area contributed by atoms with E-state index < -0.39 is 6.36 Å². The molecule has 1 aromatic carbocycles. The van der Waals surface area contributed by atoms with Gasteiger partial charge in [0.05, 0.1) is 0 Å². The number of benzene rings is 1. The lowest BCUT2D eigenvalue weighted by Gasteiger charge is -2.21. The lowest BCUT2D eigenvalue weighted by atomic mass is 10.0. The zero-order valence-corrected chi connectivity index (χ0v) is 11.6. The predicted molar refractivity (Wildman–Crippen MR) is 70.3 cm³/mol. The molecule has 0 bridgehead atoms. The largest absolute Gasteiger partial charge is 0.573 e. The monoisotopic (exact) mass is 291 g/mol. The summed E-state index contributed by atoms with van der Waals surface area (Å²) in [6, 6.07) is 6.00. The maximum Gasteiger partial charge on any atom is 0.573 e. The highest BCUT2D eigenvalue weighted by atomic mass is 19.4. The van der Waals surface area contributed by atoms with Gasteiger partial charge in [0.2, 0.25) is 0 Å². The van der Waals surface area contributed by atoms with E-state index in [2.05, 4.69) is 10.1 Å². The quantitative estimate of drug-likeness (QED) is 0.811. The minimum atomic E-state index is -4.68. The Hall–Kier alpha value is -1.27. The van der Waals surface area contributed by atoms with Crippen LogP contribution in [-0.2, 0) is 6.54 Å². The van der Waals surface area contributed by atoms with Crippen LogP contribution in [-0.4, -0.2) is 24.1 Å². The fourth-order valence-electron chi connectivity index (χ4n) is 1.91. The molecule has 0 saturated carbocycles. The minimum Gasteiger partial charge on any atom is -0.406 e. The SMILES string of the molecule is CC(C)C(CCO)NCc1cccc(OC(F)(F)F)c1. The van der Waals surface area contributed by atoms with E-state index in [1.54, 1.807) is 6.07 Å². The zero-order valence-electron chi connectivity index (χ0n) is 11.6. The average molecular weight is 291 g/mol. The number of hydrogen-bond acceptors (Lipinski definition) is 3. The molecule has 0 spiro atoms. The number of aliphatic hydroxyl groups is 1. The van der Waals surface area contributed by atoms with Crippen molar-refractivity contribution in [3.05, 3.63) is 29.8 Å². The maximum absolute atomic E-state index is 12.1. The number of hydrogen-bond donors (Lipinski definition) is 2. The molecular weight excluding hydrogens is 271 g/mol. The molecule has 0 radical (unpaired) electrons. The summed E-state index contributed by atoms with van der Waals surface area (Å²) in [4.78, 5) is 0. The first-order valence-corrected chi connectivity index (χ1v) is 6.50. The number of ether oxygens (including phenoxy) is 1. The van der Waals surface area contributed by atoms with Gasteiger partial charge in [0.1, 0.15) is 5.75 Å². The van der Waals surface area contributed by atoms with E-state index >= 15 is 0 Å². The molecule has 1 atom stereocenters. The Kier molecular flexibility index (Phi) is 6.29. The predicted octanol–water partition coefficient (Wildman–Crippen LogP) is 3.08. The van der Waals surface area contributed by atoms with Crippen LogP contribution in [0.3, 0.4) is 0 Å². The summed E-state index contributed by atoms with van der Waals surface area (Å²) in [5.41, 5.74) is 0.704. The second kappa shape index (κ2) is 7.50. The molecule has 1 aromatic rings. The summed E-state index contributed by atoms with van der Waals surface area (Å²) in [7, 11) is 0. The van der Waals surface area contributed by atoms with Crippen LogP contribution in [0, 0.1) is 5.92 Å². The number of halogens is 3. The Morgan fingerprint density at radius 3 is 2.55 bits per heavy atom. The van der Waals surface area contributed by atoms with Gasteiger partial charge in [-0.15, -0.1) is 13.2 Å². The first-order chi connectivity index (χ1) is 9.31. The summed E-state index contributed by atoms with van der Waals surface area (Å²) in [5.74, 6) is 0.108. The Morgan fingerprint density at radius 2 is 2.00 bits per heavy atom. The van der Waals surface area contributed by atoms with Crippen molar-refractivity contribution in [3.63, 3.8) is 0 Å². The minimum absolute atomic E-state index is 0.0765. The van der Waals surface area contributed by atoms with Gasteiger partial charge in [-0.05, 0) is 30.0 Å². The second-order valence-electron chi connectivity index (χ2n) is 4.94. The van der Waals surface area contributed by atoms with Crippen LogP contribution in [0.5, 0.6) is 5.75 Å². The van der Waals surface area contributed by atoms with Crippen molar-refractivity contribution in [1.82, 2.24) is 5.32 Å². The van der Waals surface area contributed by atoms with E-state index in [0.29, 0.717) is 24.4 Å². The molecule has 0 aliphatic heterocycles. The highest BCUT2D eigenvalue weighted by Gasteiger charge is 2.31. The zero-order chi connectivity index (χ0) is 15.2. The molecule has 1 rings (SSSR count). The first kappa shape index (κ1) is 16.8. The maximum atomic E-state index is 12.1. The van der Waals surface area contributed by atoms with Crippen LogP contribution in [0.4, 0.5) is 13.2 Å². The highest BCUT2D eigenvalue weighted by molar-refractivity contribution is 5.28. The van der Waals surface area contributed by atoms with Crippen molar-refractivity contribution in [1.29, 1.82) is 0 Å². The third-order valence-electron chi connectivity index (χ3n) is 2.95. The molecule has 0 amide bonds. The van der Waals surface area contributed by atoms with Crippen LogP contribution in [0.1, 0.15) is 25.8 Å². The summed E-state index contributed by atoms with van der Waals surface area (Å²) >= 11 is 0. The van der Waals surface area contributed by atoms with E-state index in [1.807, 2.05) is 13.8 Å². The molecule has 114 valence electrons. The van der Waals surface area contributed by atoms with Gasteiger partial charge < -0.3 is 15.2 Å². The fraction of sp³-hybridized carbons (Fsp3) is 0.571. The Labute approximate surface area is 116 Å². The highest BCUT2D eigenvalue weighted by Crippen LogP contribution is 2.23. The summed E-state index contributed by atoms with van der Waals surface area (Å²) in [6.45, 7) is 4.55. The Morgan fingerprint density at radius 1 is 1.30 bits per heavy atom. The van der Waals surface area contributed by atoms with Gasteiger partial charge in [0.25, 0.3) is 0 Å². The van der Waals surface area contributed by atoms with Crippen molar-refractivity contribution < 1.29 is 23.0 Å². The first-order valence-electron chi connectivity index (χ1n) is 6.50. The van der Waals surface area contributed by atoms with Gasteiger partial charge in [-0.1, -0.05) is 26.0 Å². The van der Waals surface area contributed by atoms with E-state index in [1.165, 1.54) is 18.2 Å². The molecule has 20 heavy (non-hydrogen) atoms. The molecule has 0 heterocycles. The van der Waals surface area contributed by atoms with Crippen molar-refractivity contribution in [3.8, 4) is 5.75 Å². The average Bonchev–Trinajstić information content (AvgIpc) is 2.32. The summed E-state index contributed by atoms with van der Waals surface area (Å²) in [5, 5.41) is 12.2. The van der Waals surface area contributed by atoms with Gasteiger partial charge in [-0.25, -0.2) is 0 Å². The van der Waals surface area contributed by atoms with Crippen molar-refractivity contribution in [2.75, 3.05) is 6.61 Å². The van der Waals surface area contributed by atoms with Crippen LogP contribution in [0.15, 0.2) is 24.3 Å². The molecular formula is C14H20F3NO2. The van der Waals surface area contributed by atoms with Crippen LogP contribution >= 0.6 is 0 Å². The molecule has 0 saturated heterocycles. The molecule has 1 unspecified atom stereocenters. The third kappa shape index (κ3) is 6.25. The molecule has 0 aromatic heterocycles. The van der Waals surface area contributed by atoms with Gasteiger partial charge in [0.15, 0.2) is 0 Å². The van der Waals surface area contributed by atoms with Crippen molar-refractivity contribution >= 4 is 0 Å². The number of rotatable bonds is 7.